The monoisotopic (exact) mass is 258 g/mol. The van der Waals surface area contributed by atoms with E-state index in [2.05, 4.69) is 47.8 Å². The highest BCUT2D eigenvalue weighted by Gasteiger charge is 2.05. The molecular weight excluding hydrogens is 236 g/mol. The number of fused-ring (bicyclic) bond motifs is 1. The first-order valence-electron chi connectivity index (χ1n) is 6.89. The first kappa shape index (κ1) is 13.7. The van der Waals surface area contributed by atoms with E-state index in [9.17, 15) is 0 Å². The third kappa shape index (κ3) is 3.38. The van der Waals surface area contributed by atoms with E-state index in [1.807, 2.05) is 12.1 Å². The van der Waals surface area contributed by atoms with Crippen molar-refractivity contribution in [2.75, 3.05) is 19.7 Å². The Morgan fingerprint density at radius 1 is 1.37 bits per heavy atom. The van der Waals surface area contributed by atoms with Crippen molar-refractivity contribution in [3.8, 4) is 5.75 Å². The first-order chi connectivity index (χ1) is 9.36. The van der Waals surface area contributed by atoms with Crippen LogP contribution in [0, 0.1) is 0 Å². The molecule has 1 aromatic carbocycles. The minimum atomic E-state index is 0.769. The third-order valence-electron chi connectivity index (χ3n) is 3.05. The number of hydrogen-bond donors (Lipinski definition) is 1. The van der Waals surface area contributed by atoms with Gasteiger partial charge in [0.15, 0.2) is 0 Å². The largest absolute Gasteiger partial charge is 0.493 e. The number of aromatic nitrogens is 1. The molecule has 0 fully saturated rings. The van der Waals surface area contributed by atoms with Crippen LogP contribution in [-0.4, -0.2) is 24.3 Å². The highest BCUT2D eigenvalue weighted by Crippen LogP contribution is 2.26. The molecule has 0 saturated carbocycles. The molecule has 0 aliphatic rings. The average molecular weight is 258 g/mol. The molecule has 0 atom stereocenters. The van der Waals surface area contributed by atoms with Crippen molar-refractivity contribution in [1.82, 2.24) is 9.88 Å². The number of rotatable bonds is 8. The van der Waals surface area contributed by atoms with Crippen molar-refractivity contribution in [2.45, 2.75) is 19.9 Å². The molecular formula is C16H22N2O. The standard InChI is InChI=1S/C16H22N2O/c1-3-9-17-10-12-18-11-8-14-15(18)6-5-7-16(14)19-13-4-2/h3,5-8,11,17H,1,4,9-10,12-13H2,2H3. The Bertz CT molecular complexity index is 531. The van der Waals surface area contributed by atoms with Gasteiger partial charge in [0.1, 0.15) is 5.75 Å². The maximum absolute atomic E-state index is 5.78. The summed E-state index contributed by atoms with van der Waals surface area (Å²) in [5.41, 5.74) is 1.23. The molecule has 0 spiro atoms. The highest BCUT2D eigenvalue weighted by atomic mass is 16.5. The molecule has 2 rings (SSSR count). The topological polar surface area (TPSA) is 26.2 Å². The van der Waals surface area contributed by atoms with E-state index in [0.717, 1.165) is 38.4 Å². The number of hydrogen-bond acceptors (Lipinski definition) is 2. The van der Waals surface area contributed by atoms with Gasteiger partial charge in [0, 0.05) is 31.2 Å². The van der Waals surface area contributed by atoms with Gasteiger partial charge in [0.05, 0.1) is 12.1 Å². The lowest BCUT2D eigenvalue weighted by Gasteiger charge is -2.08. The molecule has 0 bridgehead atoms. The molecule has 2 aromatic rings. The van der Waals surface area contributed by atoms with E-state index in [0.29, 0.717) is 0 Å². The number of nitrogens with one attached hydrogen (secondary N) is 1. The summed E-state index contributed by atoms with van der Waals surface area (Å²) in [7, 11) is 0. The Balaban J connectivity index is 2.11. The number of nitrogens with zero attached hydrogens (tertiary/aromatic N) is 1. The van der Waals surface area contributed by atoms with Crippen molar-refractivity contribution in [3.63, 3.8) is 0 Å². The van der Waals surface area contributed by atoms with Gasteiger partial charge in [0.2, 0.25) is 0 Å². The molecule has 1 aromatic heterocycles. The minimum absolute atomic E-state index is 0.769. The van der Waals surface area contributed by atoms with Gasteiger partial charge in [-0.2, -0.15) is 0 Å². The fourth-order valence-corrected chi connectivity index (χ4v) is 2.13. The van der Waals surface area contributed by atoms with Crippen LogP contribution in [0.5, 0.6) is 5.75 Å². The summed E-state index contributed by atoms with van der Waals surface area (Å²) < 4.78 is 8.04. The van der Waals surface area contributed by atoms with Gasteiger partial charge in [-0.1, -0.05) is 19.1 Å². The van der Waals surface area contributed by atoms with Crippen molar-refractivity contribution in [2.24, 2.45) is 0 Å². The van der Waals surface area contributed by atoms with Crippen LogP contribution in [0.2, 0.25) is 0 Å². The van der Waals surface area contributed by atoms with Crippen LogP contribution in [0.25, 0.3) is 10.9 Å². The molecule has 1 N–H and O–H groups in total. The molecule has 0 amide bonds. The molecule has 0 unspecified atom stereocenters. The van der Waals surface area contributed by atoms with E-state index in [-0.39, 0.29) is 0 Å². The summed E-state index contributed by atoms with van der Waals surface area (Å²) in [5, 5.41) is 4.51. The van der Waals surface area contributed by atoms with Crippen LogP contribution in [0.1, 0.15) is 13.3 Å². The van der Waals surface area contributed by atoms with Gasteiger partial charge < -0.3 is 14.6 Å². The van der Waals surface area contributed by atoms with Gasteiger partial charge in [-0.3, -0.25) is 0 Å². The van der Waals surface area contributed by atoms with Crippen molar-refractivity contribution in [1.29, 1.82) is 0 Å². The molecule has 0 aliphatic heterocycles. The maximum Gasteiger partial charge on any atom is 0.128 e. The number of benzene rings is 1. The molecule has 0 saturated heterocycles. The quantitative estimate of drug-likeness (QED) is 0.581. The lowest BCUT2D eigenvalue weighted by Crippen LogP contribution is -2.19. The third-order valence-corrected chi connectivity index (χ3v) is 3.05. The zero-order chi connectivity index (χ0) is 13.5. The van der Waals surface area contributed by atoms with Gasteiger partial charge in [0.25, 0.3) is 0 Å². The van der Waals surface area contributed by atoms with Gasteiger partial charge in [-0.15, -0.1) is 6.58 Å². The fraction of sp³-hybridized carbons (Fsp3) is 0.375. The lowest BCUT2D eigenvalue weighted by atomic mass is 10.2. The Kier molecular flexibility index (Phi) is 5.04. The SMILES string of the molecule is C=CCNCCn1ccc2c(OCCC)cccc21. The summed E-state index contributed by atoms with van der Waals surface area (Å²) in [6.07, 6.45) is 5.03. The molecule has 3 nitrogen and oxygen atoms in total. The fourth-order valence-electron chi connectivity index (χ4n) is 2.13. The molecule has 1 heterocycles. The highest BCUT2D eigenvalue weighted by molar-refractivity contribution is 5.86. The summed E-state index contributed by atoms with van der Waals surface area (Å²) in [6.45, 7) is 9.33. The second kappa shape index (κ2) is 7.00. The zero-order valence-electron chi connectivity index (χ0n) is 11.6. The van der Waals surface area contributed by atoms with Crippen LogP contribution in [-0.2, 0) is 6.54 Å². The molecule has 0 radical (unpaired) electrons. The zero-order valence-corrected chi connectivity index (χ0v) is 11.6. The van der Waals surface area contributed by atoms with E-state index < -0.39 is 0 Å². The lowest BCUT2D eigenvalue weighted by molar-refractivity contribution is 0.321. The summed E-state index contributed by atoms with van der Waals surface area (Å²) in [6, 6.07) is 8.37. The molecule has 19 heavy (non-hydrogen) atoms. The van der Waals surface area contributed by atoms with Crippen LogP contribution in [0.15, 0.2) is 43.1 Å². The van der Waals surface area contributed by atoms with E-state index >= 15 is 0 Å². The predicted octanol–water partition coefficient (Wildman–Crippen LogP) is 3.21. The van der Waals surface area contributed by atoms with Crippen LogP contribution in [0.3, 0.4) is 0 Å². The summed E-state index contributed by atoms with van der Waals surface area (Å²) in [4.78, 5) is 0. The van der Waals surface area contributed by atoms with Gasteiger partial charge in [-0.25, -0.2) is 0 Å². The predicted molar refractivity (Wildman–Crippen MR) is 80.8 cm³/mol. The van der Waals surface area contributed by atoms with Crippen LogP contribution >= 0.6 is 0 Å². The molecule has 102 valence electrons. The molecule has 3 heteroatoms. The van der Waals surface area contributed by atoms with Crippen molar-refractivity contribution >= 4 is 10.9 Å². The van der Waals surface area contributed by atoms with Crippen molar-refractivity contribution in [3.05, 3.63) is 43.1 Å². The average Bonchev–Trinajstić information content (AvgIpc) is 2.85. The van der Waals surface area contributed by atoms with Gasteiger partial charge in [-0.05, 0) is 24.6 Å². The van der Waals surface area contributed by atoms with Crippen LogP contribution < -0.4 is 10.1 Å². The molecule has 0 aliphatic carbocycles. The maximum atomic E-state index is 5.78. The smallest absolute Gasteiger partial charge is 0.128 e. The normalized spacial score (nSPS) is 10.8. The van der Waals surface area contributed by atoms with Gasteiger partial charge >= 0.3 is 0 Å². The summed E-state index contributed by atoms with van der Waals surface area (Å²) in [5.74, 6) is 0.983. The second-order valence-electron chi connectivity index (χ2n) is 4.54. The van der Waals surface area contributed by atoms with E-state index in [4.69, 9.17) is 4.74 Å². The Hall–Kier alpha value is -1.74. The van der Waals surface area contributed by atoms with E-state index in [1.165, 1.54) is 10.9 Å². The van der Waals surface area contributed by atoms with Crippen LogP contribution in [0.4, 0.5) is 0 Å². The minimum Gasteiger partial charge on any atom is -0.493 e. The van der Waals surface area contributed by atoms with Crippen molar-refractivity contribution < 1.29 is 4.74 Å². The Morgan fingerprint density at radius 3 is 3.05 bits per heavy atom. The first-order valence-corrected chi connectivity index (χ1v) is 6.89. The number of ether oxygens (including phenoxy) is 1. The summed E-state index contributed by atoms with van der Waals surface area (Å²) >= 11 is 0. The second-order valence-corrected chi connectivity index (χ2v) is 4.54. The Morgan fingerprint density at radius 2 is 2.26 bits per heavy atom. The Labute approximate surface area is 114 Å². The van der Waals surface area contributed by atoms with E-state index in [1.54, 1.807) is 0 Å².